The summed E-state index contributed by atoms with van der Waals surface area (Å²) in [5.74, 6) is 0. The van der Waals surface area contributed by atoms with Gasteiger partial charge >= 0.3 is 0 Å². The normalized spacial score (nSPS) is 18.0. The molecule has 0 bridgehead atoms. The highest BCUT2D eigenvalue weighted by Gasteiger charge is 2.17. The summed E-state index contributed by atoms with van der Waals surface area (Å²) in [5, 5.41) is 5.23. The van der Waals surface area contributed by atoms with Crippen LogP contribution in [0.4, 0.5) is 0 Å². The molecule has 1 N–H and O–H groups in total. The van der Waals surface area contributed by atoms with Crippen LogP contribution < -0.4 is 5.32 Å². The van der Waals surface area contributed by atoms with Gasteiger partial charge in [-0.15, -0.1) is 0 Å². The molecule has 3 rings (SSSR count). The van der Waals surface area contributed by atoms with Gasteiger partial charge in [0, 0.05) is 35.7 Å². The second-order valence-electron chi connectivity index (χ2n) is 6.57. The van der Waals surface area contributed by atoms with E-state index in [1.807, 2.05) is 24.3 Å². The van der Waals surface area contributed by atoms with Crippen LogP contribution in [-0.2, 0) is 13.1 Å². The summed E-state index contributed by atoms with van der Waals surface area (Å²) in [4.78, 5) is 2.51. The summed E-state index contributed by atoms with van der Waals surface area (Å²) < 4.78 is 0. The molecule has 2 aromatic rings. The van der Waals surface area contributed by atoms with Crippen molar-refractivity contribution in [3.05, 3.63) is 69.7 Å². The van der Waals surface area contributed by atoms with E-state index in [-0.39, 0.29) is 0 Å². The molecule has 2 aromatic carbocycles. The van der Waals surface area contributed by atoms with Crippen molar-refractivity contribution in [3.63, 3.8) is 0 Å². The number of piperidine rings is 1. The molecule has 0 amide bonds. The van der Waals surface area contributed by atoms with Gasteiger partial charge < -0.3 is 5.32 Å². The van der Waals surface area contributed by atoms with Crippen LogP contribution in [0.3, 0.4) is 0 Å². The van der Waals surface area contributed by atoms with Crippen molar-refractivity contribution >= 4 is 23.2 Å². The largest absolute Gasteiger partial charge is 0.313 e. The van der Waals surface area contributed by atoms with E-state index in [1.165, 1.54) is 30.4 Å². The molecule has 24 heavy (non-hydrogen) atoms. The molecular formula is C20H24Cl2N2. The van der Waals surface area contributed by atoms with E-state index in [1.54, 1.807) is 0 Å². The Balaban J connectivity index is 1.69. The Morgan fingerprint density at radius 1 is 0.833 bits per heavy atom. The van der Waals surface area contributed by atoms with Crippen molar-refractivity contribution in [3.8, 4) is 0 Å². The highest BCUT2D eigenvalue weighted by atomic mass is 35.5. The Kier molecular flexibility index (Phi) is 6.56. The first-order valence-corrected chi connectivity index (χ1v) is 9.39. The first-order chi connectivity index (χ1) is 11.7. The maximum atomic E-state index is 6.01. The van der Waals surface area contributed by atoms with E-state index in [0.29, 0.717) is 6.04 Å². The van der Waals surface area contributed by atoms with Gasteiger partial charge in [-0.2, -0.15) is 0 Å². The highest BCUT2D eigenvalue weighted by molar-refractivity contribution is 6.30. The third-order valence-electron chi connectivity index (χ3n) is 4.53. The second kappa shape index (κ2) is 8.87. The first-order valence-electron chi connectivity index (χ1n) is 8.64. The summed E-state index contributed by atoms with van der Waals surface area (Å²) in [7, 11) is 0. The van der Waals surface area contributed by atoms with Gasteiger partial charge in [0.1, 0.15) is 0 Å². The predicted molar refractivity (Wildman–Crippen MR) is 103 cm³/mol. The Morgan fingerprint density at radius 2 is 1.38 bits per heavy atom. The van der Waals surface area contributed by atoms with Gasteiger partial charge in [0.05, 0.1) is 0 Å². The standard InChI is InChI=1S/C20H24Cl2N2/c21-18-8-4-16(5-9-18)13-24(15-20-3-1-2-12-23-20)14-17-6-10-19(22)11-7-17/h4-11,20,23H,1-3,12-15H2. The second-order valence-corrected chi connectivity index (χ2v) is 7.44. The first kappa shape index (κ1) is 17.8. The van der Waals surface area contributed by atoms with Crippen LogP contribution >= 0.6 is 23.2 Å². The average Bonchev–Trinajstić information content (AvgIpc) is 2.60. The lowest BCUT2D eigenvalue weighted by molar-refractivity contribution is 0.209. The summed E-state index contributed by atoms with van der Waals surface area (Å²) >= 11 is 12.0. The van der Waals surface area contributed by atoms with E-state index in [4.69, 9.17) is 23.2 Å². The molecule has 1 aliphatic heterocycles. The average molecular weight is 363 g/mol. The van der Waals surface area contributed by atoms with Crippen LogP contribution in [0.15, 0.2) is 48.5 Å². The monoisotopic (exact) mass is 362 g/mol. The molecule has 0 spiro atoms. The van der Waals surface area contributed by atoms with Crippen LogP contribution in [0.1, 0.15) is 30.4 Å². The lowest BCUT2D eigenvalue weighted by atomic mass is 10.0. The van der Waals surface area contributed by atoms with Crippen molar-refractivity contribution in [2.45, 2.75) is 38.4 Å². The number of nitrogens with one attached hydrogen (secondary N) is 1. The number of nitrogens with zero attached hydrogens (tertiary/aromatic N) is 1. The van der Waals surface area contributed by atoms with Crippen molar-refractivity contribution < 1.29 is 0 Å². The minimum absolute atomic E-state index is 0.582. The Morgan fingerprint density at radius 3 is 1.83 bits per heavy atom. The third-order valence-corrected chi connectivity index (χ3v) is 5.03. The zero-order valence-corrected chi connectivity index (χ0v) is 15.4. The minimum atomic E-state index is 0.582. The molecule has 0 aromatic heterocycles. The number of benzene rings is 2. The SMILES string of the molecule is Clc1ccc(CN(Cc2ccc(Cl)cc2)CC2CCCCN2)cc1. The molecule has 128 valence electrons. The van der Waals surface area contributed by atoms with Gasteiger partial charge in [-0.05, 0) is 54.8 Å². The van der Waals surface area contributed by atoms with Gasteiger partial charge in [-0.25, -0.2) is 0 Å². The van der Waals surface area contributed by atoms with E-state index in [2.05, 4.69) is 34.5 Å². The minimum Gasteiger partial charge on any atom is -0.313 e. The van der Waals surface area contributed by atoms with Crippen molar-refractivity contribution in [1.82, 2.24) is 10.2 Å². The van der Waals surface area contributed by atoms with Crippen LogP contribution in [0, 0.1) is 0 Å². The summed E-state index contributed by atoms with van der Waals surface area (Å²) in [6.07, 6.45) is 3.88. The zero-order chi connectivity index (χ0) is 16.8. The van der Waals surface area contributed by atoms with Gasteiger partial charge in [0.15, 0.2) is 0 Å². The molecule has 1 unspecified atom stereocenters. The molecule has 1 heterocycles. The van der Waals surface area contributed by atoms with Crippen LogP contribution in [0.5, 0.6) is 0 Å². The van der Waals surface area contributed by atoms with Crippen molar-refractivity contribution in [2.24, 2.45) is 0 Å². The van der Waals surface area contributed by atoms with E-state index in [0.717, 1.165) is 36.2 Å². The molecule has 2 nitrogen and oxygen atoms in total. The molecule has 1 atom stereocenters. The number of rotatable bonds is 6. The molecule has 4 heteroatoms. The van der Waals surface area contributed by atoms with Gasteiger partial charge in [-0.3, -0.25) is 4.90 Å². The zero-order valence-electron chi connectivity index (χ0n) is 13.8. The van der Waals surface area contributed by atoms with Crippen molar-refractivity contribution in [1.29, 1.82) is 0 Å². The lowest BCUT2D eigenvalue weighted by Gasteiger charge is -2.31. The summed E-state index contributed by atoms with van der Waals surface area (Å²) in [5.41, 5.74) is 2.59. The maximum Gasteiger partial charge on any atom is 0.0406 e. The van der Waals surface area contributed by atoms with Crippen LogP contribution in [0.2, 0.25) is 10.0 Å². The fourth-order valence-corrected chi connectivity index (χ4v) is 3.52. The molecule has 1 aliphatic rings. The number of halogens is 2. The van der Waals surface area contributed by atoms with Gasteiger partial charge in [0.2, 0.25) is 0 Å². The summed E-state index contributed by atoms with van der Waals surface area (Å²) in [6.45, 7) is 4.06. The molecular weight excluding hydrogens is 339 g/mol. The van der Waals surface area contributed by atoms with E-state index >= 15 is 0 Å². The quantitative estimate of drug-likeness (QED) is 0.765. The van der Waals surface area contributed by atoms with E-state index < -0.39 is 0 Å². The Bertz CT molecular complexity index is 572. The van der Waals surface area contributed by atoms with E-state index in [9.17, 15) is 0 Å². The topological polar surface area (TPSA) is 15.3 Å². The summed E-state index contributed by atoms with van der Waals surface area (Å²) in [6, 6.07) is 16.9. The Labute approximate surface area is 154 Å². The molecule has 0 radical (unpaired) electrons. The third kappa shape index (κ3) is 5.49. The highest BCUT2D eigenvalue weighted by Crippen LogP contribution is 2.17. The smallest absolute Gasteiger partial charge is 0.0406 e. The van der Waals surface area contributed by atoms with Gasteiger partial charge in [0.25, 0.3) is 0 Å². The number of hydrogen-bond acceptors (Lipinski definition) is 2. The molecule has 1 fully saturated rings. The number of hydrogen-bond donors (Lipinski definition) is 1. The molecule has 0 aliphatic carbocycles. The molecule has 0 saturated carbocycles. The maximum absolute atomic E-state index is 6.01. The van der Waals surface area contributed by atoms with Crippen molar-refractivity contribution in [2.75, 3.05) is 13.1 Å². The fourth-order valence-electron chi connectivity index (χ4n) is 3.27. The Hall–Kier alpha value is -1.06. The molecule has 1 saturated heterocycles. The van der Waals surface area contributed by atoms with Crippen LogP contribution in [0.25, 0.3) is 0 Å². The van der Waals surface area contributed by atoms with Crippen LogP contribution in [-0.4, -0.2) is 24.0 Å². The fraction of sp³-hybridized carbons (Fsp3) is 0.400. The lowest BCUT2D eigenvalue weighted by Crippen LogP contribution is -2.43. The van der Waals surface area contributed by atoms with Gasteiger partial charge in [-0.1, -0.05) is 53.9 Å². The predicted octanol–water partition coefficient (Wildman–Crippen LogP) is 5.14.